The summed E-state index contributed by atoms with van der Waals surface area (Å²) in [5.41, 5.74) is 0. The molecule has 0 aliphatic heterocycles. The highest BCUT2D eigenvalue weighted by Crippen LogP contribution is 2.04. The Balaban J connectivity index is 3.83. The highest BCUT2D eigenvalue weighted by atomic mass is 16.5. The van der Waals surface area contributed by atoms with E-state index in [9.17, 15) is 9.59 Å². The predicted octanol–water partition coefficient (Wildman–Crippen LogP) is 1.44. The van der Waals surface area contributed by atoms with Crippen molar-refractivity contribution in [2.75, 3.05) is 20.2 Å². The lowest BCUT2D eigenvalue weighted by atomic mass is 10.1. The molecule has 0 saturated carbocycles. The summed E-state index contributed by atoms with van der Waals surface area (Å²) in [5.74, 6) is -0.693. The summed E-state index contributed by atoms with van der Waals surface area (Å²) in [5, 5.41) is 0. The van der Waals surface area contributed by atoms with Crippen molar-refractivity contribution in [3.05, 3.63) is 0 Å². The summed E-state index contributed by atoms with van der Waals surface area (Å²) in [4.78, 5) is 23.8. The first-order valence-corrected chi connectivity index (χ1v) is 5.41. The highest BCUT2D eigenvalue weighted by Gasteiger charge is 2.19. The van der Waals surface area contributed by atoms with E-state index in [2.05, 4.69) is 18.6 Å². The number of rotatable bonds is 5. The first-order chi connectivity index (χ1) is 6.99. The zero-order valence-electron chi connectivity index (χ0n) is 10.1. The van der Waals surface area contributed by atoms with Crippen molar-refractivity contribution in [1.29, 1.82) is 0 Å². The van der Waals surface area contributed by atoms with Crippen molar-refractivity contribution in [2.24, 2.45) is 5.92 Å². The molecule has 1 amide bonds. The number of amides is 1. The molecule has 0 N–H and O–H groups in total. The fourth-order valence-electron chi connectivity index (χ4n) is 1.19. The van der Waals surface area contributed by atoms with Gasteiger partial charge in [-0.25, -0.2) is 4.79 Å². The Morgan fingerprint density at radius 1 is 1.33 bits per heavy atom. The maximum absolute atomic E-state index is 11.4. The van der Waals surface area contributed by atoms with Crippen LogP contribution in [0.25, 0.3) is 0 Å². The van der Waals surface area contributed by atoms with E-state index >= 15 is 0 Å². The van der Waals surface area contributed by atoms with Gasteiger partial charge in [-0.1, -0.05) is 13.8 Å². The van der Waals surface area contributed by atoms with Crippen LogP contribution < -0.4 is 0 Å². The van der Waals surface area contributed by atoms with Gasteiger partial charge < -0.3 is 9.64 Å². The summed E-state index contributed by atoms with van der Waals surface area (Å²) < 4.78 is 4.62. The van der Waals surface area contributed by atoms with Gasteiger partial charge in [0.2, 0.25) is 0 Å². The van der Waals surface area contributed by atoms with Crippen molar-refractivity contribution in [3.63, 3.8) is 0 Å². The Morgan fingerprint density at radius 3 is 2.40 bits per heavy atom. The summed E-state index contributed by atoms with van der Waals surface area (Å²) in [7, 11) is 1.62. The van der Waals surface area contributed by atoms with Crippen LogP contribution in [0.1, 0.15) is 33.6 Å². The monoisotopic (exact) mass is 215 g/mol. The Labute approximate surface area is 91.6 Å². The van der Waals surface area contributed by atoms with Gasteiger partial charge in [0.05, 0.1) is 6.61 Å². The maximum atomic E-state index is 11.4. The third-order valence-corrected chi connectivity index (χ3v) is 2.07. The molecule has 0 radical (unpaired) electrons. The first kappa shape index (κ1) is 13.9. The van der Waals surface area contributed by atoms with E-state index in [0.717, 1.165) is 12.8 Å². The molecule has 0 atom stereocenters. The quantitative estimate of drug-likeness (QED) is 0.515. The molecule has 88 valence electrons. The van der Waals surface area contributed by atoms with Crippen molar-refractivity contribution in [2.45, 2.75) is 33.6 Å². The molecule has 0 saturated heterocycles. The number of hydrogen-bond acceptors (Lipinski definition) is 3. The summed E-state index contributed by atoms with van der Waals surface area (Å²) in [6, 6.07) is 0. The second-order valence-electron chi connectivity index (χ2n) is 3.98. The fourth-order valence-corrected chi connectivity index (χ4v) is 1.19. The lowest BCUT2D eigenvalue weighted by Gasteiger charge is -2.16. The molecule has 4 heteroatoms. The summed E-state index contributed by atoms with van der Waals surface area (Å²) >= 11 is 0. The first-order valence-electron chi connectivity index (χ1n) is 5.41. The molecule has 0 fully saturated rings. The number of carbonyl (C=O) groups excluding carboxylic acids is 2. The lowest BCUT2D eigenvalue weighted by molar-refractivity contribution is -0.159. The average Bonchev–Trinajstić information content (AvgIpc) is 2.16. The normalized spacial score (nSPS) is 10.2. The van der Waals surface area contributed by atoms with E-state index in [0.29, 0.717) is 12.5 Å². The zero-order chi connectivity index (χ0) is 11.8. The highest BCUT2D eigenvalue weighted by molar-refractivity contribution is 6.32. The van der Waals surface area contributed by atoms with Gasteiger partial charge in [-0.2, -0.15) is 0 Å². The van der Waals surface area contributed by atoms with Crippen LogP contribution in [0, 0.1) is 5.92 Å². The van der Waals surface area contributed by atoms with Gasteiger partial charge in [0.15, 0.2) is 0 Å². The minimum atomic E-state index is -0.760. The van der Waals surface area contributed by atoms with Crippen LogP contribution in [0.4, 0.5) is 0 Å². The van der Waals surface area contributed by atoms with E-state index in [1.165, 1.54) is 4.90 Å². The molecule has 0 rings (SSSR count). The van der Waals surface area contributed by atoms with Crippen molar-refractivity contribution in [3.8, 4) is 0 Å². The Morgan fingerprint density at radius 2 is 1.93 bits per heavy atom. The van der Waals surface area contributed by atoms with Crippen LogP contribution in [0.2, 0.25) is 0 Å². The van der Waals surface area contributed by atoms with Crippen LogP contribution in [0.15, 0.2) is 0 Å². The number of likely N-dealkylation sites (N-methyl/N-ethyl adjacent to an activating group) is 1. The molecular weight excluding hydrogens is 194 g/mol. The number of esters is 1. The molecule has 0 aliphatic carbocycles. The van der Waals surface area contributed by atoms with Crippen molar-refractivity contribution >= 4 is 11.9 Å². The third-order valence-electron chi connectivity index (χ3n) is 2.07. The minimum absolute atomic E-state index is 0.240. The van der Waals surface area contributed by atoms with Crippen molar-refractivity contribution in [1.82, 2.24) is 4.90 Å². The number of nitrogens with zero attached hydrogens (tertiary/aromatic N) is 1. The van der Waals surface area contributed by atoms with Gasteiger partial charge >= 0.3 is 11.9 Å². The van der Waals surface area contributed by atoms with Crippen LogP contribution in [0.5, 0.6) is 0 Å². The number of ether oxygens (including phenoxy) is 1. The molecule has 0 aliphatic rings. The predicted molar refractivity (Wildman–Crippen MR) is 58.3 cm³/mol. The largest absolute Gasteiger partial charge is 0.459 e. The van der Waals surface area contributed by atoms with Gasteiger partial charge in [-0.15, -0.1) is 0 Å². The zero-order valence-corrected chi connectivity index (χ0v) is 10.1. The summed E-state index contributed by atoms with van der Waals surface area (Å²) in [6.07, 6.45) is 1.97. The van der Waals surface area contributed by atoms with Gasteiger partial charge in [0.25, 0.3) is 0 Å². The van der Waals surface area contributed by atoms with Gasteiger partial charge in [-0.05, 0) is 25.7 Å². The number of carbonyl (C=O) groups is 2. The Bertz CT molecular complexity index is 214. The minimum Gasteiger partial charge on any atom is -0.459 e. The third kappa shape index (κ3) is 6.10. The maximum Gasteiger partial charge on any atom is 0.396 e. The molecule has 0 bridgehead atoms. The van der Waals surface area contributed by atoms with E-state index in [1.807, 2.05) is 0 Å². The fraction of sp³-hybridized carbons (Fsp3) is 0.818. The lowest BCUT2D eigenvalue weighted by Crippen LogP contribution is -2.35. The Kier molecular flexibility index (Phi) is 6.75. The molecular formula is C11H21NO3. The molecule has 15 heavy (non-hydrogen) atoms. The smallest absolute Gasteiger partial charge is 0.396 e. The second kappa shape index (κ2) is 7.26. The van der Waals surface area contributed by atoms with Gasteiger partial charge in [0, 0.05) is 13.6 Å². The van der Waals surface area contributed by atoms with E-state index in [-0.39, 0.29) is 6.61 Å². The molecule has 0 unspecified atom stereocenters. The molecule has 0 aromatic heterocycles. The average molecular weight is 215 g/mol. The van der Waals surface area contributed by atoms with Crippen LogP contribution in [-0.2, 0) is 14.3 Å². The van der Waals surface area contributed by atoms with Crippen LogP contribution >= 0.6 is 0 Å². The topological polar surface area (TPSA) is 46.6 Å². The van der Waals surface area contributed by atoms with E-state index in [1.54, 1.807) is 14.0 Å². The van der Waals surface area contributed by atoms with Gasteiger partial charge in [-0.3, -0.25) is 4.79 Å². The molecule has 0 aromatic carbocycles. The molecule has 0 heterocycles. The molecule has 4 nitrogen and oxygen atoms in total. The van der Waals surface area contributed by atoms with Gasteiger partial charge in [0.1, 0.15) is 0 Å². The second-order valence-corrected chi connectivity index (χ2v) is 3.98. The Hall–Kier alpha value is -1.06. The standard InChI is InChI=1S/C11H21NO3/c1-5-15-11(14)10(13)12(4)8-6-7-9(2)3/h9H,5-8H2,1-4H3. The van der Waals surface area contributed by atoms with Crippen LogP contribution in [-0.4, -0.2) is 37.0 Å². The SMILES string of the molecule is CCOC(=O)C(=O)N(C)CCCC(C)C. The molecule has 0 spiro atoms. The van der Waals surface area contributed by atoms with Crippen molar-refractivity contribution < 1.29 is 14.3 Å². The van der Waals surface area contributed by atoms with E-state index in [4.69, 9.17) is 0 Å². The summed E-state index contributed by atoms with van der Waals surface area (Å²) in [6.45, 7) is 6.80. The molecule has 0 aromatic rings. The number of hydrogen-bond donors (Lipinski definition) is 0. The van der Waals surface area contributed by atoms with Crippen LogP contribution in [0.3, 0.4) is 0 Å². The van der Waals surface area contributed by atoms with E-state index < -0.39 is 11.9 Å².